The quantitative estimate of drug-likeness (QED) is 0.748. The van der Waals surface area contributed by atoms with Gasteiger partial charge in [-0.3, -0.25) is 0 Å². The molecule has 0 saturated carbocycles. The van der Waals surface area contributed by atoms with Crippen LogP contribution in [0.2, 0.25) is 0 Å². The lowest BCUT2D eigenvalue weighted by molar-refractivity contribution is 0.782. The van der Waals surface area contributed by atoms with Crippen molar-refractivity contribution in [1.29, 1.82) is 0 Å². The van der Waals surface area contributed by atoms with E-state index in [-0.39, 0.29) is 0 Å². The molecule has 0 saturated heterocycles. The lowest BCUT2D eigenvalue weighted by atomic mass is 10.2. The maximum Gasteiger partial charge on any atom is 0.0830 e. The zero-order valence-corrected chi connectivity index (χ0v) is 10.2. The monoisotopic (exact) mass is 297 g/mol. The number of hydrogen-bond acceptors (Lipinski definition) is 0. The van der Waals surface area contributed by atoms with Crippen molar-refractivity contribution in [2.24, 2.45) is 0 Å². The SMILES string of the molecule is Cc1ccn(Cc2ccccc2)c1I. The van der Waals surface area contributed by atoms with Gasteiger partial charge in [0.25, 0.3) is 0 Å². The Morgan fingerprint density at radius 1 is 1.14 bits per heavy atom. The predicted molar refractivity (Wildman–Crippen MR) is 67.4 cm³/mol. The molecular formula is C12H12IN. The van der Waals surface area contributed by atoms with Gasteiger partial charge in [-0.15, -0.1) is 0 Å². The summed E-state index contributed by atoms with van der Waals surface area (Å²) in [5.41, 5.74) is 2.70. The van der Waals surface area contributed by atoms with Crippen LogP contribution in [-0.2, 0) is 6.54 Å². The Bertz CT molecular complexity index is 417. The average molecular weight is 297 g/mol. The summed E-state index contributed by atoms with van der Waals surface area (Å²) < 4.78 is 3.59. The fourth-order valence-corrected chi connectivity index (χ4v) is 1.98. The number of benzene rings is 1. The highest BCUT2D eigenvalue weighted by Crippen LogP contribution is 2.14. The van der Waals surface area contributed by atoms with Gasteiger partial charge in [-0.1, -0.05) is 30.3 Å². The van der Waals surface area contributed by atoms with E-state index < -0.39 is 0 Å². The summed E-state index contributed by atoms with van der Waals surface area (Å²) in [5.74, 6) is 0. The first-order chi connectivity index (χ1) is 6.77. The van der Waals surface area contributed by atoms with Crippen LogP contribution in [0.4, 0.5) is 0 Å². The van der Waals surface area contributed by atoms with E-state index in [2.05, 4.69) is 76.7 Å². The minimum atomic E-state index is 0.965. The minimum absolute atomic E-state index is 0.965. The normalized spacial score (nSPS) is 10.4. The van der Waals surface area contributed by atoms with Crippen LogP contribution in [0, 0.1) is 10.6 Å². The van der Waals surface area contributed by atoms with Gasteiger partial charge in [0.15, 0.2) is 0 Å². The molecule has 0 N–H and O–H groups in total. The van der Waals surface area contributed by atoms with Crippen LogP contribution < -0.4 is 0 Å². The molecule has 0 atom stereocenters. The van der Waals surface area contributed by atoms with Crippen molar-refractivity contribution in [3.05, 3.63) is 57.4 Å². The Hall–Kier alpha value is -0.770. The molecule has 2 aromatic rings. The molecule has 0 unspecified atom stereocenters. The van der Waals surface area contributed by atoms with E-state index in [1.807, 2.05) is 0 Å². The molecule has 0 aliphatic carbocycles. The molecule has 2 rings (SSSR count). The lowest BCUT2D eigenvalue weighted by Gasteiger charge is -2.05. The molecule has 0 aliphatic rings. The highest BCUT2D eigenvalue weighted by Gasteiger charge is 2.01. The van der Waals surface area contributed by atoms with Crippen LogP contribution in [0.3, 0.4) is 0 Å². The van der Waals surface area contributed by atoms with E-state index in [4.69, 9.17) is 0 Å². The van der Waals surface area contributed by atoms with E-state index in [1.165, 1.54) is 14.8 Å². The van der Waals surface area contributed by atoms with Crippen molar-refractivity contribution in [3.8, 4) is 0 Å². The summed E-state index contributed by atoms with van der Waals surface area (Å²) >= 11 is 2.39. The first-order valence-electron chi connectivity index (χ1n) is 4.62. The van der Waals surface area contributed by atoms with Crippen molar-refractivity contribution in [3.63, 3.8) is 0 Å². The Morgan fingerprint density at radius 2 is 1.86 bits per heavy atom. The molecular weight excluding hydrogens is 285 g/mol. The van der Waals surface area contributed by atoms with Crippen molar-refractivity contribution in [2.45, 2.75) is 13.5 Å². The number of halogens is 1. The van der Waals surface area contributed by atoms with Gasteiger partial charge >= 0.3 is 0 Å². The van der Waals surface area contributed by atoms with Gasteiger partial charge in [0.05, 0.1) is 3.70 Å². The largest absolute Gasteiger partial charge is 0.338 e. The van der Waals surface area contributed by atoms with Gasteiger partial charge < -0.3 is 4.57 Å². The van der Waals surface area contributed by atoms with Crippen LogP contribution in [0.15, 0.2) is 42.6 Å². The van der Waals surface area contributed by atoms with Crippen molar-refractivity contribution < 1.29 is 0 Å². The highest BCUT2D eigenvalue weighted by atomic mass is 127. The number of aryl methyl sites for hydroxylation is 1. The molecule has 1 nitrogen and oxygen atoms in total. The maximum absolute atomic E-state index is 2.39. The second-order valence-electron chi connectivity index (χ2n) is 3.40. The molecule has 0 spiro atoms. The zero-order valence-electron chi connectivity index (χ0n) is 8.07. The molecule has 0 amide bonds. The number of hydrogen-bond donors (Lipinski definition) is 0. The van der Waals surface area contributed by atoms with E-state index in [9.17, 15) is 0 Å². The second-order valence-corrected chi connectivity index (χ2v) is 4.42. The summed E-state index contributed by atoms with van der Waals surface area (Å²) in [6.07, 6.45) is 2.14. The number of aromatic nitrogens is 1. The third kappa shape index (κ3) is 2.00. The van der Waals surface area contributed by atoms with Crippen LogP contribution in [0.5, 0.6) is 0 Å². The molecule has 1 aromatic carbocycles. The molecule has 72 valence electrons. The molecule has 0 fully saturated rings. The van der Waals surface area contributed by atoms with Crippen molar-refractivity contribution in [2.75, 3.05) is 0 Å². The van der Waals surface area contributed by atoms with E-state index in [0.717, 1.165) is 6.54 Å². The van der Waals surface area contributed by atoms with Gasteiger partial charge in [0.2, 0.25) is 0 Å². The van der Waals surface area contributed by atoms with E-state index >= 15 is 0 Å². The van der Waals surface area contributed by atoms with Crippen LogP contribution in [-0.4, -0.2) is 4.57 Å². The first kappa shape index (κ1) is 9.77. The smallest absolute Gasteiger partial charge is 0.0830 e. The third-order valence-corrected chi connectivity index (χ3v) is 3.75. The Labute approximate surface area is 97.9 Å². The highest BCUT2D eigenvalue weighted by molar-refractivity contribution is 14.1. The number of nitrogens with zero attached hydrogens (tertiary/aromatic N) is 1. The van der Waals surface area contributed by atoms with Gasteiger partial charge in [-0.2, -0.15) is 0 Å². The van der Waals surface area contributed by atoms with Crippen LogP contribution >= 0.6 is 22.6 Å². The maximum atomic E-state index is 2.39. The molecule has 1 aromatic heterocycles. The molecule has 0 bridgehead atoms. The lowest BCUT2D eigenvalue weighted by Crippen LogP contribution is -2.00. The molecule has 0 radical (unpaired) electrons. The van der Waals surface area contributed by atoms with E-state index in [0.29, 0.717) is 0 Å². The zero-order chi connectivity index (χ0) is 9.97. The topological polar surface area (TPSA) is 4.93 Å². The van der Waals surface area contributed by atoms with Crippen LogP contribution in [0.25, 0.3) is 0 Å². The standard InChI is InChI=1S/C12H12IN/c1-10-7-8-14(12(10)13)9-11-5-3-2-4-6-11/h2-8H,9H2,1H3. The Morgan fingerprint density at radius 3 is 2.43 bits per heavy atom. The molecule has 1 heterocycles. The Balaban J connectivity index is 2.23. The van der Waals surface area contributed by atoms with Gasteiger partial charge in [0, 0.05) is 12.7 Å². The summed E-state index contributed by atoms with van der Waals surface area (Å²) in [4.78, 5) is 0. The fourth-order valence-electron chi connectivity index (χ4n) is 1.46. The average Bonchev–Trinajstić information content (AvgIpc) is 2.52. The van der Waals surface area contributed by atoms with Gasteiger partial charge in [-0.05, 0) is 46.7 Å². The van der Waals surface area contributed by atoms with Gasteiger partial charge in [0.1, 0.15) is 0 Å². The van der Waals surface area contributed by atoms with E-state index in [1.54, 1.807) is 0 Å². The molecule has 14 heavy (non-hydrogen) atoms. The molecule has 2 heteroatoms. The number of rotatable bonds is 2. The van der Waals surface area contributed by atoms with Crippen molar-refractivity contribution >= 4 is 22.6 Å². The predicted octanol–water partition coefficient (Wildman–Crippen LogP) is 3.45. The summed E-state index contributed by atoms with van der Waals surface area (Å²) in [5, 5.41) is 0. The van der Waals surface area contributed by atoms with Crippen LogP contribution in [0.1, 0.15) is 11.1 Å². The summed E-state index contributed by atoms with van der Waals surface area (Å²) in [6, 6.07) is 12.7. The van der Waals surface area contributed by atoms with Crippen molar-refractivity contribution in [1.82, 2.24) is 4.57 Å². The first-order valence-corrected chi connectivity index (χ1v) is 5.70. The summed E-state index contributed by atoms with van der Waals surface area (Å²) in [7, 11) is 0. The van der Waals surface area contributed by atoms with Gasteiger partial charge in [-0.25, -0.2) is 0 Å². The summed E-state index contributed by atoms with van der Waals surface area (Å²) in [6.45, 7) is 3.11. The second kappa shape index (κ2) is 4.17. The third-order valence-electron chi connectivity index (χ3n) is 2.28. The Kier molecular flexibility index (Phi) is 2.91. The minimum Gasteiger partial charge on any atom is -0.338 e. The fraction of sp³-hybridized carbons (Fsp3) is 0.167. The molecule has 0 aliphatic heterocycles.